The Kier molecular flexibility index (Phi) is 8.33. The topological polar surface area (TPSA) is 3.24 Å². The molecule has 286 valence electrons. The zero-order valence-corrected chi connectivity index (χ0v) is 34.2. The SMILES string of the molecule is c1ccc(C2(c3ccccc3)c3ccccc3-c3ccc(-c4ccc(N(c5cccc(-c6cccc7ccccc67)c5)c5ccc6sc7ccccc7c6c5)cc4)cc32)cc1. The van der Waals surface area contributed by atoms with E-state index in [1.165, 1.54) is 86.6 Å². The predicted molar refractivity (Wildman–Crippen MR) is 260 cm³/mol. The van der Waals surface area contributed by atoms with E-state index in [1.54, 1.807) is 0 Å². The van der Waals surface area contributed by atoms with E-state index in [9.17, 15) is 0 Å². The standard InChI is InChI=1S/C59H39NS/c1-3-18-44(19-4-1)59(45-20-5-2-6-21-45)55-27-11-9-24-51(55)52-35-31-42(38-56(52)59)40-29-32-46(33-30-40)60(48-34-36-58-54(39-48)53-25-10-12-28-57(53)61-58)47-22-13-17-43(37-47)50-26-14-16-41-15-7-8-23-49(41)50/h1-39H. The maximum absolute atomic E-state index is 2.45. The monoisotopic (exact) mass is 793 g/mol. The summed E-state index contributed by atoms with van der Waals surface area (Å²) in [6.07, 6.45) is 0. The average Bonchev–Trinajstić information content (AvgIpc) is 3.86. The van der Waals surface area contributed by atoms with Crippen LogP contribution in [0, 0.1) is 0 Å². The van der Waals surface area contributed by atoms with E-state index in [4.69, 9.17) is 0 Å². The van der Waals surface area contributed by atoms with Gasteiger partial charge in [-0.25, -0.2) is 0 Å². The summed E-state index contributed by atoms with van der Waals surface area (Å²) in [4.78, 5) is 2.42. The Bertz CT molecular complexity index is 3370. The molecule has 1 aliphatic rings. The highest BCUT2D eigenvalue weighted by atomic mass is 32.1. The van der Waals surface area contributed by atoms with Gasteiger partial charge in [-0.3, -0.25) is 0 Å². The first-order chi connectivity index (χ1) is 30.2. The van der Waals surface area contributed by atoms with Crippen LogP contribution in [0.3, 0.4) is 0 Å². The van der Waals surface area contributed by atoms with E-state index in [0.29, 0.717) is 0 Å². The quantitative estimate of drug-likeness (QED) is 0.155. The lowest BCUT2D eigenvalue weighted by Gasteiger charge is -2.34. The highest BCUT2D eigenvalue weighted by Crippen LogP contribution is 2.56. The van der Waals surface area contributed by atoms with Gasteiger partial charge in [-0.05, 0) is 121 Å². The molecule has 0 aliphatic heterocycles. The van der Waals surface area contributed by atoms with E-state index < -0.39 is 5.41 Å². The molecule has 0 saturated carbocycles. The zero-order chi connectivity index (χ0) is 40.3. The third-order valence-electron chi connectivity index (χ3n) is 12.7. The second-order valence-corrected chi connectivity index (χ2v) is 17.1. The van der Waals surface area contributed by atoms with Crippen LogP contribution in [0.4, 0.5) is 17.1 Å². The lowest BCUT2D eigenvalue weighted by Crippen LogP contribution is -2.28. The first-order valence-corrected chi connectivity index (χ1v) is 21.8. The van der Waals surface area contributed by atoms with Crippen LogP contribution in [0.1, 0.15) is 22.3 Å². The van der Waals surface area contributed by atoms with Crippen LogP contribution in [-0.4, -0.2) is 0 Å². The van der Waals surface area contributed by atoms with Gasteiger partial charge in [0.1, 0.15) is 0 Å². The third kappa shape index (κ3) is 5.68. The van der Waals surface area contributed by atoms with Crippen molar-refractivity contribution in [3.8, 4) is 33.4 Å². The van der Waals surface area contributed by atoms with Gasteiger partial charge in [-0.2, -0.15) is 0 Å². The Morgan fingerprint density at radius 3 is 1.72 bits per heavy atom. The van der Waals surface area contributed by atoms with Crippen molar-refractivity contribution in [1.29, 1.82) is 0 Å². The molecule has 0 unspecified atom stereocenters. The van der Waals surface area contributed by atoms with E-state index in [-0.39, 0.29) is 0 Å². The van der Waals surface area contributed by atoms with E-state index in [1.807, 2.05) is 11.3 Å². The van der Waals surface area contributed by atoms with Crippen molar-refractivity contribution < 1.29 is 0 Å². The number of rotatable bonds is 7. The van der Waals surface area contributed by atoms with Crippen molar-refractivity contribution in [2.24, 2.45) is 0 Å². The number of anilines is 3. The maximum atomic E-state index is 2.45. The summed E-state index contributed by atoms with van der Waals surface area (Å²) >= 11 is 1.86. The molecule has 0 amide bonds. The number of hydrogen-bond acceptors (Lipinski definition) is 2. The van der Waals surface area contributed by atoms with Gasteiger partial charge in [-0.15, -0.1) is 11.3 Å². The largest absolute Gasteiger partial charge is 0.310 e. The summed E-state index contributed by atoms with van der Waals surface area (Å²) in [5, 5.41) is 5.08. The average molecular weight is 794 g/mol. The lowest BCUT2D eigenvalue weighted by molar-refractivity contribution is 0.769. The fourth-order valence-corrected chi connectivity index (χ4v) is 11.1. The van der Waals surface area contributed by atoms with Crippen molar-refractivity contribution in [2.45, 2.75) is 5.41 Å². The summed E-state index contributed by atoms with van der Waals surface area (Å²) in [5.74, 6) is 0. The minimum Gasteiger partial charge on any atom is -0.310 e. The van der Waals surface area contributed by atoms with E-state index in [0.717, 1.165) is 17.1 Å². The minimum atomic E-state index is -0.444. The molecule has 0 radical (unpaired) electrons. The smallest absolute Gasteiger partial charge is 0.0713 e. The number of nitrogens with zero attached hydrogens (tertiary/aromatic N) is 1. The normalized spacial score (nSPS) is 12.7. The van der Waals surface area contributed by atoms with Crippen molar-refractivity contribution in [3.63, 3.8) is 0 Å². The van der Waals surface area contributed by atoms with Crippen LogP contribution >= 0.6 is 11.3 Å². The second-order valence-electron chi connectivity index (χ2n) is 16.0. The van der Waals surface area contributed by atoms with Gasteiger partial charge in [0.25, 0.3) is 0 Å². The fraction of sp³-hybridized carbons (Fsp3) is 0.0169. The van der Waals surface area contributed by atoms with Gasteiger partial charge in [0.05, 0.1) is 5.41 Å². The van der Waals surface area contributed by atoms with Crippen LogP contribution in [0.15, 0.2) is 237 Å². The molecule has 61 heavy (non-hydrogen) atoms. The molecular formula is C59H39NS. The molecule has 1 aliphatic carbocycles. The van der Waals surface area contributed by atoms with E-state index >= 15 is 0 Å². The van der Waals surface area contributed by atoms with Gasteiger partial charge >= 0.3 is 0 Å². The third-order valence-corrected chi connectivity index (χ3v) is 13.9. The summed E-state index contributed by atoms with van der Waals surface area (Å²) in [7, 11) is 0. The second kappa shape index (κ2) is 14.3. The molecule has 2 heteroatoms. The van der Waals surface area contributed by atoms with Gasteiger partial charge in [0.15, 0.2) is 0 Å². The predicted octanol–water partition coefficient (Wildman–Crippen LogP) is 16.4. The highest BCUT2D eigenvalue weighted by Gasteiger charge is 2.46. The molecule has 1 heterocycles. The Labute approximate surface area is 360 Å². The molecule has 11 aromatic rings. The zero-order valence-electron chi connectivity index (χ0n) is 33.4. The first-order valence-electron chi connectivity index (χ1n) is 21.0. The molecule has 0 saturated heterocycles. The van der Waals surface area contributed by atoms with Crippen molar-refractivity contribution in [2.75, 3.05) is 4.90 Å². The summed E-state index contributed by atoms with van der Waals surface area (Å²) in [5.41, 5.74) is 15.5. The summed E-state index contributed by atoms with van der Waals surface area (Å²) < 4.78 is 2.61. The molecule has 1 nitrogen and oxygen atoms in total. The molecule has 10 aromatic carbocycles. The van der Waals surface area contributed by atoms with Crippen molar-refractivity contribution in [3.05, 3.63) is 259 Å². The molecule has 0 atom stereocenters. The number of fused-ring (bicyclic) bond motifs is 7. The molecule has 0 fully saturated rings. The Hall–Kier alpha value is -7.52. The number of hydrogen-bond donors (Lipinski definition) is 0. The van der Waals surface area contributed by atoms with E-state index in [2.05, 4.69) is 241 Å². The van der Waals surface area contributed by atoms with Gasteiger partial charge in [0, 0.05) is 37.2 Å². The number of thiophene rings is 1. The first kappa shape index (κ1) is 35.4. The van der Waals surface area contributed by atoms with Crippen LogP contribution < -0.4 is 4.90 Å². The molecule has 0 bridgehead atoms. The van der Waals surface area contributed by atoms with Crippen LogP contribution in [-0.2, 0) is 5.41 Å². The Morgan fingerprint density at radius 1 is 0.311 bits per heavy atom. The number of benzene rings is 10. The minimum absolute atomic E-state index is 0.444. The Balaban J connectivity index is 1.01. The lowest BCUT2D eigenvalue weighted by atomic mass is 9.67. The van der Waals surface area contributed by atoms with Crippen molar-refractivity contribution >= 4 is 59.3 Å². The van der Waals surface area contributed by atoms with Gasteiger partial charge < -0.3 is 4.90 Å². The molecule has 0 N–H and O–H groups in total. The molecule has 1 aromatic heterocycles. The molecule has 0 spiro atoms. The summed E-state index contributed by atoms with van der Waals surface area (Å²) in [6, 6.07) is 87.3. The highest BCUT2D eigenvalue weighted by molar-refractivity contribution is 7.25. The fourth-order valence-electron chi connectivity index (χ4n) is 10.0. The van der Waals surface area contributed by atoms with Crippen LogP contribution in [0.2, 0.25) is 0 Å². The molecular weight excluding hydrogens is 755 g/mol. The van der Waals surface area contributed by atoms with Crippen LogP contribution in [0.25, 0.3) is 64.3 Å². The van der Waals surface area contributed by atoms with Gasteiger partial charge in [-0.1, -0.05) is 182 Å². The van der Waals surface area contributed by atoms with Crippen molar-refractivity contribution in [1.82, 2.24) is 0 Å². The Morgan fingerprint density at radius 2 is 0.902 bits per heavy atom. The van der Waals surface area contributed by atoms with Gasteiger partial charge in [0.2, 0.25) is 0 Å². The van der Waals surface area contributed by atoms with Crippen LogP contribution in [0.5, 0.6) is 0 Å². The maximum Gasteiger partial charge on any atom is 0.0713 e. The summed E-state index contributed by atoms with van der Waals surface area (Å²) in [6.45, 7) is 0. The molecule has 12 rings (SSSR count).